The molecule has 140 valence electrons. The minimum absolute atomic E-state index is 0.105. The van der Waals surface area contributed by atoms with Crippen molar-refractivity contribution in [1.82, 2.24) is 0 Å². The van der Waals surface area contributed by atoms with Crippen LogP contribution in [0.2, 0.25) is 0 Å². The zero-order chi connectivity index (χ0) is 19.8. The van der Waals surface area contributed by atoms with Crippen molar-refractivity contribution < 1.29 is 9.66 Å². The Hall–Kier alpha value is -3.49. The van der Waals surface area contributed by atoms with Crippen LogP contribution in [0.3, 0.4) is 0 Å². The van der Waals surface area contributed by atoms with Crippen LogP contribution in [0.1, 0.15) is 0 Å². The summed E-state index contributed by atoms with van der Waals surface area (Å²) in [6.07, 6.45) is 0. The van der Waals surface area contributed by atoms with E-state index in [0.29, 0.717) is 5.56 Å². The Bertz CT molecular complexity index is 1220. The lowest BCUT2D eigenvalue weighted by molar-refractivity contribution is -0.384. The van der Waals surface area contributed by atoms with Crippen molar-refractivity contribution in [2.45, 2.75) is 0 Å². The molecule has 0 spiro atoms. The molecule has 0 saturated carbocycles. The Balaban J connectivity index is 1.72. The Morgan fingerprint density at radius 3 is 2.24 bits per heavy atom. The van der Waals surface area contributed by atoms with E-state index in [9.17, 15) is 10.1 Å². The fourth-order valence-corrected chi connectivity index (χ4v) is 6.13. The quantitative estimate of drug-likeness (QED) is 0.241. The molecule has 0 fully saturated rings. The van der Waals surface area contributed by atoms with Gasteiger partial charge in [-0.3, -0.25) is 10.1 Å². The van der Waals surface area contributed by atoms with Gasteiger partial charge in [0.25, 0.3) is 5.69 Å². The second-order valence-electron chi connectivity index (χ2n) is 6.70. The molecule has 0 bridgehead atoms. The highest BCUT2D eigenvalue weighted by atomic mass is 31.1. The Kier molecular flexibility index (Phi) is 4.34. The predicted molar refractivity (Wildman–Crippen MR) is 117 cm³/mol. The number of hydrogen-bond donors (Lipinski definition) is 0. The summed E-state index contributed by atoms with van der Waals surface area (Å²) >= 11 is 0. The second-order valence-corrected chi connectivity index (χ2v) is 8.85. The molecular weight excluding hydrogens is 381 g/mol. The first-order valence-corrected chi connectivity index (χ1v) is 10.6. The molecule has 1 atom stereocenters. The highest BCUT2D eigenvalue weighted by Crippen LogP contribution is 2.45. The number of fused-ring (bicyclic) bond motifs is 2. The molecule has 1 unspecified atom stereocenters. The van der Waals surface area contributed by atoms with E-state index >= 15 is 0 Å². The first-order valence-electron chi connectivity index (χ1n) is 9.22. The van der Waals surface area contributed by atoms with Crippen LogP contribution < -0.4 is 20.7 Å². The third-order valence-electron chi connectivity index (χ3n) is 4.95. The van der Waals surface area contributed by atoms with Gasteiger partial charge in [-0.1, -0.05) is 66.7 Å². The van der Waals surface area contributed by atoms with Crippen molar-refractivity contribution in [3.63, 3.8) is 0 Å². The van der Waals surface area contributed by atoms with Gasteiger partial charge in [-0.25, -0.2) is 0 Å². The van der Waals surface area contributed by atoms with E-state index in [2.05, 4.69) is 18.2 Å². The Labute approximate surface area is 169 Å². The average molecular weight is 397 g/mol. The van der Waals surface area contributed by atoms with Crippen LogP contribution in [0.25, 0.3) is 11.1 Å². The van der Waals surface area contributed by atoms with Gasteiger partial charge in [0.15, 0.2) is 0 Å². The van der Waals surface area contributed by atoms with E-state index in [-0.39, 0.29) is 10.6 Å². The third-order valence-corrected chi connectivity index (χ3v) is 7.45. The molecule has 29 heavy (non-hydrogen) atoms. The number of para-hydroxylation sites is 2. The van der Waals surface area contributed by atoms with E-state index in [0.717, 1.165) is 27.7 Å². The monoisotopic (exact) mass is 397 g/mol. The van der Waals surface area contributed by atoms with Gasteiger partial charge < -0.3 is 4.74 Å². The molecule has 0 N–H and O–H groups in total. The molecule has 5 rings (SSSR count). The predicted octanol–water partition coefficient (Wildman–Crippen LogP) is 5.13. The highest BCUT2D eigenvalue weighted by molar-refractivity contribution is 7.80. The summed E-state index contributed by atoms with van der Waals surface area (Å²) in [7, 11) is -0.825. The van der Waals surface area contributed by atoms with Crippen molar-refractivity contribution in [1.29, 1.82) is 0 Å². The molecule has 1 heterocycles. The van der Waals surface area contributed by atoms with Crippen molar-refractivity contribution in [2.24, 2.45) is 0 Å². The smallest absolute Gasteiger partial charge is 0.277 e. The molecule has 1 aliphatic rings. The molecule has 0 saturated heterocycles. The first kappa shape index (κ1) is 17.6. The fraction of sp³-hybridized carbons (Fsp3) is 0. The van der Waals surface area contributed by atoms with Gasteiger partial charge in [0.1, 0.15) is 11.5 Å². The lowest BCUT2D eigenvalue weighted by atomic mass is 10.0. The Morgan fingerprint density at radius 2 is 1.41 bits per heavy atom. The van der Waals surface area contributed by atoms with Crippen LogP contribution in [0.15, 0.2) is 97.1 Å². The fourth-order valence-electron chi connectivity index (χ4n) is 3.65. The molecule has 4 aromatic rings. The molecular formula is C24H16NO3P. The standard InChI is InChI=1S/C24H16NO3P/c26-25(27)20-11-5-4-10-19(20)17-14-15-22-24(16-17)29(18-8-2-1-3-9-18)23-13-7-6-12-21(23)28-22/h1-16H. The highest BCUT2D eigenvalue weighted by Gasteiger charge is 2.29. The summed E-state index contributed by atoms with van der Waals surface area (Å²) in [6.45, 7) is 0. The van der Waals surface area contributed by atoms with Crippen LogP contribution in [0.5, 0.6) is 11.5 Å². The summed E-state index contributed by atoms with van der Waals surface area (Å²) in [5.41, 5.74) is 1.54. The van der Waals surface area contributed by atoms with Gasteiger partial charge in [0, 0.05) is 16.7 Å². The minimum atomic E-state index is -0.825. The molecule has 4 nitrogen and oxygen atoms in total. The third kappa shape index (κ3) is 3.08. The van der Waals surface area contributed by atoms with Crippen LogP contribution in [-0.2, 0) is 0 Å². The second kappa shape index (κ2) is 7.16. The van der Waals surface area contributed by atoms with Crippen molar-refractivity contribution in [2.75, 3.05) is 0 Å². The summed E-state index contributed by atoms with van der Waals surface area (Å²) in [5, 5.41) is 15.0. The minimum Gasteiger partial charge on any atom is -0.456 e. The van der Waals surface area contributed by atoms with Gasteiger partial charge in [0.2, 0.25) is 0 Å². The summed E-state index contributed by atoms with van der Waals surface area (Å²) in [5.74, 6) is 1.68. The number of nitrogens with zero attached hydrogens (tertiary/aromatic N) is 1. The number of ether oxygens (including phenoxy) is 1. The zero-order valence-corrected chi connectivity index (χ0v) is 16.3. The van der Waals surface area contributed by atoms with Crippen molar-refractivity contribution in [3.8, 4) is 22.6 Å². The van der Waals surface area contributed by atoms with Crippen LogP contribution >= 0.6 is 7.92 Å². The van der Waals surface area contributed by atoms with Gasteiger partial charge in [-0.05, 0) is 43.1 Å². The molecule has 4 aromatic carbocycles. The zero-order valence-electron chi connectivity index (χ0n) is 15.4. The SMILES string of the molecule is O=[N+]([O-])c1ccccc1-c1ccc2c(c1)P(c1ccccc1)c1ccccc1O2. The first-order chi connectivity index (χ1) is 14.2. The maximum Gasteiger partial charge on any atom is 0.277 e. The maximum atomic E-state index is 11.5. The normalized spacial score (nSPS) is 14.4. The number of hydrogen-bond acceptors (Lipinski definition) is 3. The number of nitro groups is 1. The van der Waals surface area contributed by atoms with Gasteiger partial charge in [0.05, 0.1) is 10.5 Å². The van der Waals surface area contributed by atoms with Crippen molar-refractivity contribution >= 4 is 29.5 Å². The molecule has 0 aliphatic carbocycles. The van der Waals surface area contributed by atoms with Crippen molar-refractivity contribution in [3.05, 3.63) is 107 Å². The van der Waals surface area contributed by atoms with Gasteiger partial charge >= 0.3 is 0 Å². The van der Waals surface area contributed by atoms with E-state index in [4.69, 9.17) is 4.74 Å². The topological polar surface area (TPSA) is 52.4 Å². The summed E-state index contributed by atoms with van der Waals surface area (Å²) in [6, 6.07) is 31.2. The number of benzene rings is 4. The largest absolute Gasteiger partial charge is 0.456 e. The maximum absolute atomic E-state index is 11.5. The number of rotatable bonds is 3. The molecule has 5 heteroatoms. The van der Waals surface area contributed by atoms with Crippen LogP contribution in [0.4, 0.5) is 5.69 Å². The molecule has 0 aromatic heterocycles. The average Bonchev–Trinajstić information content (AvgIpc) is 2.77. The molecule has 1 aliphatic heterocycles. The van der Waals surface area contributed by atoms with E-state index in [1.807, 2.05) is 60.7 Å². The lowest BCUT2D eigenvalue weighted by Crippen LogP contribution is -2.27. The summed E-state index contributed by atoms with van der Waals surface area (Å²) < 4.78 is 6.18. The number of nitro benzene ring substituents is 1. The van der Waals surface area contributed by atoms with Gasteiger partial charge in [-0.2, -0.15) is 0 Å². The van der Waals surface area contributed by atoms with E-state index in [1.165, 1.54) is 5.30 Å². The molecule has 0 amide bonds. The Morgan fingerprint density at radius 1 is 0.724 bits per heavy atom. The lowest BCUT2D eigenvalue weighted by Gasteiger charge is -2.29. The van der Waals surface area contributed by atoms with Gasteiger partial charge in [-0.15, -0.1) is 0 Å². The van der Waals surface area contributed by atoms with E-state index < -0.39 is 7.92 Å². The van der Waals surface area contributed by atoms with Crippen LogP contribution in [0, 0.1) is 10.1 Å². The van der Waals surface area contributed by atoms with Crippen LogP contribution in [-0.4, -0.2) is 4.92 Å². The summed E-state index contributed by atoms with van der Waals surface area (Å²) in [4.78, 5) is 11.2. The molecule has 0 radical (unpaired) electrons. The van der Waals surface area contributed by atoms with E-state index in [1.54, 1.807) is 18.2 Å².